The van der Waals surface area contributed by atoms with E-state index in [1.54, 1.807) is 0 Å². The van der Waals surface area contributed by atoms with Crippen LogP contribution in [0.3, 0.4) is 0 Å². The highest BCUT2D eigenvalue weighted by Gasteiger charge is 2.35. The van der Waals surface area contributed by atoms with Gasteiger partial charge in [-0.3, -0.25) is 9.69 Å². The minimum atomic E-state index is 0.129. The molecule has 0 radical (unpaired) electrons. The predicted molar refractivity (Wildman–Crippen MR) is 66.6 cm³/mol. The van der Waals surface area contributed by atoms with Crippen LogP contribution in [0.15, 0.2) is 0 Å². The van der Waals surface area contributed by atoms with E-state index in [0.29, 0.717) is 6.04 Å². The summed E-state index contributed by atoms with van der Waals surface area (Å²) >= 11 is 0. The molecule has 1 saturated carbocycles. The van der Waals surface area contributed by atoms with Crippen molar-refractivity contribution in [3.63, 3.8) is 0 Å². The number of carbonyl (C=O) groups is 1. The third kappa shape index (κ3) is 3.19. The van der Waals surface area contributed by atoms with Gasteiger partial charge in [-0.1, -0.05) is 0 Å². The Kier molecular flexibility index (Phi) is 4.05. The molecule has 2 aliphatic rings. The fourth-order valence-corrected chi connectivity index (χ4v) is 2.52. The lowest BCUT2D eigenvalue weighted by atomic mass is 9.91. The Bertz CT molecular complexity index is 277. The molecule has 2 rings (SSSR count). The molecule has 1 saturated heterocycles. The highest BCUT2D eigenvalue weighted by Crippen LogP contribution is 2.29. The van der Waals surface area contributed by atoms with Crippen LogP contribution in [0.5, 0.6) is 0 Å². The van der Waals surface area contributed by atoms with E-state index in [-0.39, 0.29) is 30.4 Å². The number of nitrogens with zero attached hydrogens (tertiary/aromatic N) is 1. The van der Waals surface area contributed by atoms with Crippen LogP contribution in [-0.4, -0.2) is 47.7 Å². The van der Waals surface area contributed by atoms with Crippen LogP contribution in [-0.2, 0) is 4.79 Å². The summed E-state index contributed by atoms with van der Waals surface area (Å²) in [6.45, 7) is 6.44. The van der Waals surface area contributed by atoms with E-state index in [0.717, 1.165) is 32.4 Å². The molecule has 0 spiro atoms. The first-order valence-electron chi connectivity index (χ1n) is 6.77. The Labute approximate surface area is 103 Å². The Morgan fingerprint density at radius 2 is 2.12 bits per heavy atom. The Morgan fingerprint density at radius 1 is 1.41 bits per heavy atom. The standard InChI is InChI=1S/C13H24N2O2/c1-9(2)15-6-5-11(8-16)12(7-15)14-13(17)10-3-4-10/h9-12,16H,3-8H2,1-2H3,(H,14,17)/t11-,12-/m1/s1. The molecule has 0 unspecified atom stereocenters. The van der Waals surface area contributed by atoms with Gasteiger partial charge < -0.3 is 10.4 Å². The van der Waals surface area contributed by atoms with Gasteiger partial charge >= 0.3 is 0 Å². The maximum Gasteiger partial charge on any atom is 0.223 e. The average Bonchev–Trinajstić information content (AvgIpc) is 3.12. The molecule has 1 heterocycles. The molecular weight excluding hydrogens is 216 g/mol. The SMILES string of the molecule is CC(C)N1CC[C@H](CO)[C@H](NC(=O)C2CC2)C1. The first kappa shape index (κ1) is 12.8. The summed E-state index contributed by atoms with van der Waals surface area (Å²) < 4.78 is 0. The number of hydrogen-bond donors (Lipinski definition) is 2. The molecule has 0 aromatic heterocycles. The molecule has 1 amide bonds. The molecule has 4 heteroatoms. The zero-order valence-electron chi connectivity index (χ0n) is 10.9. The predicted octanol–water partition coefficient (Wildman–Crippen LogP) is 0.604. The highest BCUT2D eigenvalue weighted by atomic mass is 16.3. The molecule has 0 aromatic carbocycles. The topological polar surface area (TPSA) is 52.6 Å². The van der Waals surface area contributed by atoms with Gasteiger partial charge in [-0.25, -0.2) is 0 Å². The molecule has 0 bridgehead atoms. The lowest BCUT2D eigenvalue weighted by Crippen LogP contribution is -2.55. The summed E-state index contributed by atoms with van der Waals surface area (Å²) in [6, 6.07) is 0.638. The van der Waals surface area contributed by atoms with Gasteiger partial charge in [0, 0.05) is 37.1 Å². The van der Waals surface area contributed by atoms with E-state index in [4.69, 9.17) is 0 Å². The Hall–Kier alpha value is -0.610. The number of aliphatic hydroxyl groups is 1. The van der Waals surface area contributed by atoms with Gasteiger partial charge in [0.15, 0.2) is 0 Å². The van der Waals surface area contributed by atoms with Crippen molar-refractivity contribution in [2.45, 2.75) is 45.2 Å². The average molecular weight is 240 g/mol. The summed E-state index contributed by atoms with van der Waals surface area (Å²) in [5.74, 6) is 0.676. The van der Waals surface area contributed by atoms with Crippen molar-refractivity contribution in [2.75, 3.05) is 19.7 Å². The van der Waals surface area contributed by atoms with Crippen molar-refractivity contribution in [1.29, 1.82) is 0 Å². The van der Waals surface area contributed by atoms with Crippen LogP contribution >= 0.6 is 0 Å². The minimum absolute atomic E-state index is 0.129. The van der Waals surface area contributed by atoms with E-state index in [2.05, 4.69) is 24.1 Å². The number of nitrogens with one attached hydrogen (secondary N) is 1. The van der Waals surface area contributed by atoms with Crippen LogP contribution in [0.1, 0.15) is 33.1 Å². The lowest BCUT2D eigenvalue weighted by Gasteiger charge is -2.40. The molecule has 98 valence electrons. The number of piperidine rings is 1. The first-order valence-corrected chi connectivity index (χ1v) is 6.77. The number of carbonyl (C=O) groups excluding carboxylic acids is 1. The lowest BCUT2D eigenvalue weighted by molar-refractivity contribution is -0.124. The molecule has 2 N–H and O–H groups in total. The number of aliphatic hydroxyl groups excluding tert-OH is 1. The van der Waals surface area contributed by atoms with Gasteiger partial charge in [0.1, 0.15) is 0 Å². The molecule has 1 aliphatic carbocycles. The summed E-state index contributed by atoms with van der Waals surface area (Å²) in [6.07, 6.45) is 3.05. The van der Waals surface area contributed by atoms with E-state index in [9.17, 15) is 9.90 Å². The molecule has 2 fully saturated rings. The monoisotopic (exact) mass is 240 g/mol. The van der Waals surface area contributed by atoms with E-state index in [1.165, 1.54) is 0 Å². The maximum absolute atomic E-state index is 11.8. The van der Waals surface area contributed by atoms with E-state index in [1.807, 2.05) is 0 Å². The third-order valence-electron chi connectivity index (χ3n) is 4.03. The second-order valence-corrected chi connectivity index (χ2v) is 5.71. The van der Waals surface area contributed by atoms with Gasteiger partial charge in [-0.05, 0) is 39.7 Å². The zero-order chi connectivity index (χ0) is 12.4. The van der Waals surface area contributed by atoms with Crippen molar-refractivity contribution >= 4 is 5.91 Å². The molecule has 4 nitrogen and oxygen atoms in total. The van der Waals surface area contributed by atoms with Gasteiger partial charge in [-0.2, -0.15) is 0 Å². The second-order valence-electron chi connectivity index (χ2n) is 5.71. The minimum Gasteiger partial charge on any atom is -0.396 e. The van der Waals surface area contributed by atoms with Crippen LogP contribution in [0.25, 0.3) is 0 Å². The van der Waals surface area contributed by atoms with Gasteiger partial charge in [0.05, 0.1) is 0 Å². The summed E-state index contributed by atoms with van der Waals surface area (Å²) in [5, 5.41) is 12.5. The second kappa shape index (κ2) is 5.36. The van der Waals surface area contributed by atoms with Crippen molar-refractivity contribution in [2.24, 2.45) is 11.8 Å². The zero-order valence-corrected chi connectivity index (χ0v) is 10.9. The first-order chi connectivity index (χ1) is 8.11. The van der Waals surface area contributed by atoms with Crippen molar-refractivity contribution in [3.05, 3.63) is 0 Å². The van der Waals surface area contributed by atoms with Crippen LogP contribution in [0.2, 0.25) is 0 Å². The number of hydrogen-bond acceptors (Lipinski definition) is 3. The third-order valence-corrected chi connectivity index (χ3v) is 4.03. The number of amides is 1. The molecule has 0 aromatic rings. The van der Waals surface area contributed by atoms with Crippen molar-refractivity contribution in [1.82, 2.24) is 10.2 Å². The van der Waals surface area contributed by atoms with Crippen molar-refractivity contribution < 1.29 is 9.90 Å². The van der Waals surface area contributed by atoms with Gasteiger partial charge in [0.25, 0.3) is 0 Å². The fraction of sp³-hybridized carbons (Fsp3) is 0.923. The van der Waals surface area contributed by atoms with E-state index >= 15 is 0 Å². The van der Waals surface area contributed by atoms with Crippen LogP contribution in [0.4, 0.5) is 0 Å². The fourth-order valence-electron chi connectivity index (χ4n) is 2.52. The van der Waals surface area contributed by atoms with E-state index < -0.39 is 0 Å². The quantitative estimate of drug-likeness (QED) is 0.757. The maximum atomic E-state index is 11.8. The summed E-state index contributed by atoms with van der Waals surface area (Å²) in [5.41, 5.74) is 0. The Morgan fingerprint density at radius 3 is 2.65 bits per heavy atom. The number of likely N-dealkylation sites (tertiary alicyclic amines) is 1. The smallest absolute Gasteiger partial charge is 0.223 e. The highest BCUT2D eigenvalue weighted by molar-refractivity contribution is 5.81. The molecular formula is C13H24N2O2. The van der Waals surface area contributed by atoms with Crippen LogP contribution in [0, 0.1) is 11.8 Å². The van der Waals surface area contributed by atoms with Gasteiger partial charge in [0.2, 0.25) is 5.91 Å². The summed E-state index contributed by atoms with van der Waals surface area (Å²) in [4.78, 5) is 14.2. The largest absolute Gasteiger partial charge is 0.396 e. The van der Waals surface area contributed by atoms with Crippen LogP contribution < -0.4 is 5.32 Å². The molecule has 2 atom stereocenters. The normalized spacial score (nSPS) is 30.6. The number of rotatable bonds is 4. The van der Waals surface area contributed by atoms with Gasteiger partial charge in [-0.15, -0.1) is 0 Å². The molecule has 1 aliphatic heterocycles. The molecule has 17 heavy (non-hydrogen) atoms. The van der Waals surface area contributed by atoms with Crippen molar-refractivity contribution in [3.8, 4) is 0 Å². The Balaban J connectivity index is 1.91. The summed E-state index contributed by atoms with van der Waals surface area (Å²) in [7, 11) is 0.